The topological polar surface area (TPSA) is 95.6 Å². The van der Waals surface area contributed by atoms with Crippen LogP contribution in [0.5, 0.6) is 0 Å². The third kappa shape index (κ3) is 5.43. The van der Waals surface area contributed by atoms with Crippen molar-refractivity contribution in [2.24, 2.45) is 11.7 Å². The summed E-state index contributed by atoms with van der Waals surface area (Å²) in [6, 6.07) is -0.470. The Balaban J connectivity index is 4.10. The van der Waals surface area contributed by atoms with E-state index in [1.54, 1.807) is 0 Å². The van der Waals surface area contributed by atoms with Gasteiger partial charge in [-0.25, -0.2) is 4.79 Å². The second kappa shape index (κ2) is 5.77. The Morgan fingerprint density at radius 3 is 2.38 bits per heavy atom. The van der Waals surface area contributed by atoms with E-state index in [4.69, 9.17) is 10.8 Å². The molecule has 2 atom stereocenters. The number of nitrogens with one attached hydrogen (secondary N) is 1. The van der Waals surface area contributed by atoms with E-state index in [2.05, 4.69) is 5.32 Å². The van der Waals surface area contributed by atoms with Crippen LogP contribution in [0, 0.1) is 5.92 Å². The third-order valence-corrected chi connectivity index (χ3v) is 1.74. The predicted molar refractivity (Wildman–Crippen MR) is 49.5 cm³/mol. The van der Waals surface area contributed by atoms with Crippen molar-refractivity contribution in [3.05, 3.63) is 0 Å². The summed E-state index contributed by atoms with van der Waals surface area (Å²) in [7, 11) is 0. The summed E-state index contributed by atoms with van der Waals surface area (Å²) in [6.45, 7) is 3.98. The first-order valence-electron chi connectivity index (χ1n) is 4.35. The molecule has 0 aliphatic carbocycles. The number of hydrogen-bond donors (Lipinski definition) is 4. The van der Waals surface area contributed by atoms with E-state index >= 15 is 0 Å². The van der Waals surface area contributed by atoms with E-state index in [-0.39, 0.29) is 6.54 Å². The summed E-state index contributed by atoms with van der Waals surface area (Å²) in [4.78, 5) is 10.3. The van der Waals surface area contributed by atoms with Gasteiger partial charge < -0.3 is 21.3 Å². The molecule has 5 nitrogen and oxygen atoms in total. The van der Waals surface area contributed by atoms with Crippen LogP contribution in [0.4, 0.5) is 4.79 Å². The van der Waals surface area contributed by atoms with Gasteiger partial charge in [0, 0.05) is 6.54 Å². The lowest BCUT2D eigenvalue weighted by atomic mass is 9.99. The molecule has 5 N–H and O–H groups in total. The minimum absolute atomic E-state index is 0.0671. The van der Waals surface area contributed by atoms with Crippen molar-refractivity contribution in [2.75, 3.05) is 6.54 Å². The van der Waals surface area contributed by atoms with Crippen molar-refractivity contribution in [1.29, 1.82) is 0 Å². The Morgan fingerprint density at radius 2 is 2.08 bits per heavy atom. The lowest BCUT2D eigenvalue weighted by Gasteiger charge is -2.23. The summed E-state index contributed by atoms with van der Waals surface area (Å²) in [5, 5.41) is 20.1. The summed E-state index contributed by atoms with van der Waals surface area (Å²) in [5.41, 5.74) is 5.24. The Kier molecular flexibility index (Phi) is 5.41. The fourth-order valence-electron chi connectivity index (χ4n) is 1.14. The van der Waals surface area contributed by atoms with Crippen LogP contribution in [0.3, 0.4) is 0 Å². The minimum Gasteiger partial charge on any atom is -0.465 e. The Labute approximate surface area is 77.9 Å². The molecule has 1 unspecified atom stereocenters. The average molecular weight is 190 g/mol. The van der Waals surface area contributed by atoms with Crippen LogP contribution in [-0.2, 0) is 0 Å². The quantitative estimate of drug-likeness (QED) is 0.490. The summed E-state index contributed by atoms with van der Waals surface area (Å²) >= 11 is 0. The average Bonchev–Trinajstić information content (AvgIpc) is 2.00. The normalized spacial score (nSPS) is 15.5. The zero-order valence-corrected chi connectivity index (χ0v) is 8.03. The van der Waals surface area contributed by atoms with E-state index in [1.807, 2.05) is 13.8 Å². The fraction of sp³-hybridized carbons (Fsp3) is 0.875. The van der Waals surface area contributed by atoms with Gasteiger partial charge in [-0.05, 0) is 12.3 Å². The molecule has 0 aromatic rings. The number of aliphatic hydroxyl groups excluding tert-OH is 1. The minimum atomic E-state index is -1.13. The molecule has 0 aromatic heterocycles. The van der Waals surface area contributed by atoms with Gasteiger partial charge in [-0.2, -0.15) is 0 Å². The molecule has 1 amide bonds. The molecule has 0 heterocycles. The van der Waals surface area contributed by atoms with E-state index in [0.717, 1.165) is 0 Å². The smallest absolute Gasteiger partial charge is 0.404 e. The Bertz CT molecular complexity index is 161. The van der Waals surface area contributed by atoms with E-state index in [9.17, 15) is 9.90 Å². The van der Waals surface area contributed by atoms with Crippen LogP contribution in [-0.4, -0.2) is 35.0 Å². The van der Waals surface area contributed by atoms with Crippen LogP contribution < -0.4 is 11.1 Å². The molecule has 0 rings (SSSR count). The molecular weight excluding hydrogens is 172 g/mol. The highest BCUT2D eigenvalue weighted by atomic mass is 16.4. The number of carbonyl (C=O) groups is 1. The molecule has 0 saturated carbocycles. The maximum absolute atomic E-state index is 10.3. The molecule has 0 aliphatic heterocycles. The van der Waals surface area contributed by atoms with Crippen LogP contribution >= 0.6 is 0 Å². The lowest BCUT2D eigenvalue weighted by molar-refractivity contribution is 0.116. The van der Waals surface area contributed by atoms with Crippen molar-refractivity contribution in [2.45, 2.75) is 32.4 Å². The van der Waals surface area contributed by atoms with E-state index in [1.165, 1.54) is 0 Å². The fourth-order valence-corrected chi connectivity index (χ4v) is 1.14. The zero-order valence-electron chi connectivity index (χ0n) is 8.03. The first-order chi connectivity index (χ1) is 5.97. The van der Waals surface area contributed by atoms with Crippen LogP contribution in [0.25, 0.3) is 0 Å². The molecule has 0 spiro atoms. The molecule has 0 aliphatic rings. The van der Waals surface area contributed by atoms with Gasteiger partial charge in [-0.1, -0.05) is 13.8 Å². The highest BCUT2D eigenvalue weighted by Crippen LogP contribution is 2.07. The monoisotopic (exact) mass is 190 g/mol. The van der Waals surface area contributed by atoms with Crippen molar-refractivity contribution in [3.63, 3.8) is 0 Å². The van der Waals surface area contributed by atoms with Crippen molar-refractivity contribution in [3.8, 4) is 0 Å². The number of hydrogen-bond acceptors (Lipinski definition) is 3. The van der Waals surface area contributed by atoms with Gasteiger partial charge in [0.05, 0.1) is 12.1 Å². The van der Waals surface area contributed by atoms with Gasteiger partial charge in [-0.15, -0.1) is 0 Å². The number of carboxylic acid groups (broad SMARTS) is 1. The molecule has 0 fully saturated rings. The second-order valence-corrected chi connectivity index (χ2v) is 3.49. The van der Waals surface area contributed by atoms with Crippen molar-refractivity contribution in [1.82, 2.24) is 5.32 Å². The van der Waals surface area contributed by atoms with Crippen molar-refractivity contribution < 1.29 is 15.0 Å². The highest BCUT2D eigenvalue weighted by molar-refractivity contribution is 5.64. The Morgan fingerprint density at radius 1 is 1.54 bits per heavy atom. The molecule has 0 saturated heterocycles. The summed E-state index contributed by atoms with van der Waals surface area (Å²) in [5.74, 6) is 0.318. The zero-order chi connectivity index (χ0) is 10.4. The number of aliphatic hydroxyl groups is 1. The van der Waals surface area contributed by atoms with Crippen LogP contribution in [0.2, 0.25) is 0 Å². The van der Waals surface area contributed by atoms with Crippen LogP contribution in [0.15, 0.2) is 0 Å². The summed E-state index contributed by atoms with van der Waals surface area (Å²) in [6.07, 6.45) is -1.35. The SMILES string of the molecule is CC(C)CC(NC(=O)O)[C@@H](O)CN. The molecule has 0 radical (unpaired) electrons. The van der Waals surface area contributed by atoms with Gasteiger partial charge >= 0.3 is 6.09 Å². The molecule has 13 heavy (non-hydrogen) atoms. The van der Waals surface area contributed by atoms with E-state index in [0.29, 0.717) is 12.3 Å². The van der Waals surface area contributed by atoms with Gasteiger partial charge in [0.25, 0.3) is 0 Å². The van der Waals surface area contributed by atoms with Gasteiger partial charge in [-0.3, -0.25) is 0 Å². The predicted octanol–water partition coefficient (Wildman–Crippen LogP) is -0.0117. The number of rotatable bonds is 5. The molecule has 78 valence electrons. The van der Waals surface area contributed by atoms with E-state index < -0.39 is 18.2 Å². The molecular formula is C8H18N2O3. The van der Waals surface area contributed by atoms with Gasteiger partial charge in [0.15, 0.2) is 0 Å². The summed E-state index contributed by atoms with van der Waals surface area (Å²) < 4.78 is 0. The first-order valence-corrected chi connectivity index (χ1v) is 4.35. The highest BCUT2D eigenvalue weighted by Gasteiger charge is 2.20. The third-order valence-electron chi connectivity index (χ3n) is 1.74. The molecule has 5 heteroatoms. The van der Waals surface area contributed by atoms with Crippen molar-refractivity contribution >= 4 is 6.09 Å². The lowest BCUT2D eigenvalue weighted by Crippen LogP contribution is -2.46. The largest absolute Gasteiger partial charge is 0.465 e. The maximum Gasteiger partial charge on any atom is 0.404 e. The second-order valence-electron chi connectivity index (χ2n) is 3.49. The Hall–Kier alpha value is -0.810. The van der Waals surface area contributed by atoms with Crippen LogP contribution in [0.1, 0.15) is 20.3 Å². The standard InChI is InChI=1S/C8H18N2O3/c1-5(2)3-6(7(11)4-9)10-8(12)13/h5-7,10-11H,3-4,9H2,1-2H3,(H,12,13)/t6?,7-/m0/s1. The first kappa shape index (κ1) is 12.2. The number of nitrogens with two attached hydrogens (primary N) is 1. The molecule has 0 aromatic carbocycles. The van der Waals surface area contributed by atoms with Gasteiger partial charge in [0.1, 0.15) is 0 Å². The molecule has 0 bridgehead atoms. The van der Waals surface area contributed by atoms with Gasteiger partial charge in [0.2, 0.25) is 0 Å². The maximum atomic E-state index is 10.3. The number of amides is 1.